The SMILES string of the molecule is C[C@@H](N)c1cc2c(s1)CCC2. The molecule has 1 aromatic rings. The number of hydrogen-bond acceptors (Lipinski definition) is 2. The van der Waals surface area contributed by atoms with E-state index < -0.39 is 0 Å². The lowest BCUT2D eigenvalue weighted by atomic mass is 10.2. The van der Waals surface area contributed by atoms with E-state index in [9.17, 15) is 0 Å². The number of fused-ring (bicyclic) bond motifs is 1. The van der Waals surface area contributed by atoms with E-state index in [1.54, 1.807) is 10.4 Å². The molecule has 2 N–H and O–H groups in total. The van der Waals surface area contributed by atoms with Gasteiger partial charge in [0.1, 0.15) is 0 Å². The molecule has 2 heteroatoms. The lowest BCUT2D eigenvalue weighted by molar-refractivity contribution is 0.834. The van der Waals surface area contributed by atoms with Gasteiger partial charge < -0.3 is 5.73 Å². The second kappa shape index (κ2) is 2.61. The van der Waals surface area contributed by atoms with Crippen molar-refractivity contribution in [2.75, 3.05) is 0 Å². The predicted molar refractivity (Wildman–Crippen MR) is 48.9 cm³/mol. The van der Waals surface area contributed by atoms with Crippen molar-refractivity contribution in [1.29, 1.82) is 0 Å². The fourth-order valence-corrected chi connectivity index (χ4v) is 2.79. The van der Waals surface area contributed by atoms with Gasteiger partial charge in [-0.3, -0.25) is 0 Å². The summed E-state index contributed by atoms with van der Waals surface area (Å²) < 4.78 is 0. The monoisotopic (exact) mass is 167 g/mol. The second-order valence-electron chi connectivity index (χ2n) is 3.24. The lowest BCUT2D eigenvalue weighted by Gasteiger charge is -1.98. The van der Waals surface area contributed by atoms with E-state index in [2.05, 4.69) is 13.0 Å². The Balaban J connectivity index is 2.34. The van der Waals surface area contributed by atoms with Gasteiger partial charge in [0.25, 0.3) is 0 Å². The van der Waals surface area contributed by atoms with Crippen LogP contribution in [0.15, 0.2) is 6.07 Å². The van der Waals surface area contributed by atoms with Gasteiger partial charge in [0, 0.05) is 15.8 Å². The number of aryl methyl sites for hydroxylation is 2. The van der Waals surface area contributed by atoms with Crippen LogP contribution in [0.3, 0.4) is 0 Å². The van der Waals surface area contributed by atoms with Crippen LogP contribution >= 0.6 is 11.3 Å². The molecule has 0 aliphatic heterocycles. The lowest BCUT2D eigenvalue weighted by Crippen LogP contribution is -2.01. The highest BCUT2D eigenvalue weighted by molar-refractivity contribution is 7.12. The summed E-state index contributed by atoms with van der Waals surface area (Å²) in [6.45, 7) is 2.06. The maximum atomic E-state index is 5.79. The van der Waals surface area contributed by atoms with E-state index in [-0.39, 0.29) is 6.04 Å². The highest BCUT2D eigenvalue weighted by Gasteiger charge is 2.15. The standard InChI is InChI=1S/C9H13NS/c1-6(10)9-5-7-3-2-4-8(7)11-9/h5-6H,2-4,10H2,1H3/t6-/m1/s1. The average Bonchev–Trinajstić information content (AvgIpc) is 2.40. The van der Waals surface area contributed by atoms with E-state index in [0.29, 0.717) is 0 Å². The van der Waals surface area contributed by atoms with E-state index in [0.717, 1.165) is 0 Å². The van der Waals surface area contributed by atoms with Crippen LogP contribution in [-0.2, 0) is 12.8 Å². The molecule has 0 unspecified atom stereocenters. The van der Waals surface area contributed by atoms with Crippen molar-refractivity contribution in [3.63, 3.8) is 0 Å². The normalized spacial score (nSPS) is 18.4. The number of nitrogens with two attached hydrogens (primary N) is 1. The molecule has 0 amide bonds. The first kappa shape index (κ1) is 7.32. The molecule has 0 aromatic carbocycles. The predicted octanol–water partition coefficient (Wildman–Crippen LogP) is 2.26. The van der Waals surface area contributed by atoms with Crippen LogP contribution in [0.5, 0.6) is 0 Å². The van der Waals surface area contributed by atoms with E-state index in [1.807, 2.05) is 11.3 Å². The maximum absolute atomic E-state index is 5.79. The third-order valence-electron chi connectivity index (χ3n) is 2.21. The Morgan fingerprint density at radius 1 is 1.55 bits per heavy atom. The molecule has 0 spiro atoms. The summed E-state index contributed by atoms with van der Waals surface area (Å²) in [5, 5.41) is 0. The van der Waals surface area contributed by atoms with Gasteiger partial charge in [-0.25, -0.2) is 0 Å². The van der Waals surface area contributed by atoms with Crippen LogP contribution in [0, 0.1) is 0 Å². The summed E-state index contributed by atoms with van der Waals surface area (Å²) >= 11 is 1.91. The Morgan fingerprint density at radius 3 is 3.00 bits per heavy atom. The molecule has 1 heterocycles. The molecule has 0 fully saturated rings. The summed E-state index contributed by atoms with van der Waals surface area (Å²) in [7, 11) is 0. The zero-order chi connectivity index (χ0) is 7.84. The van der Waals surface area contributed by atoms with Crippen LogP contribution in [0.4, 0.5) is 0 Å². The zero-order valence-corrected chi connectivity index (χ0v) is 7.58. The van der Waals surface area contributed by atoms with Gasteiger partial charge in [-0.05, 0) is 37.8 Å². The Bertz CT molecular complexity index is 241. The maximum Gasteiger partial charge on any atom is 0.0361 e. The summed E-state index contributed by atoms with van der Waals surface area (Å²) in [6, 6.07) is 2.52. The van der Waals surface area contributed by atoms with Crippen molar-refractivity contribution in [3.05, 3.63) is 21.4 Å². The van der Waals surface area contributed by atoms with Crippen LogP contribution in [0.1, 0.15) is 34.7 Å². The Morgan fingerprint density at radius 2 is 2.36 bits per heavy atom. The number of hydrogen-bond donors (Lipinski definition) is 1. The topological polar surface area (TPSA) is 26.0 Å². The van der Waals surface area contributed by atoms with Crippen LogP contribution < -0.4 is 5.73 Å². The molecule has 11 heavy (non-hydrogen) atoms. The van der Waals surface area contributed by atoms with Gasteiger partial charge in [-0.2, -0.15) is 0 Å². The van der Waals surface area contributed by atoms with Gasteiger partial charge in [0.05, 0.1) is 0 Å². The fourth-order valence-electron chi connectivity index (χ4n) is 1.58. The van der Waals surface area contributed by atoms with E-state index >= 15 is 0 Å². The van der Waals surface area contributed by atoms with Crippen molar-refractivity contribution >= 4 is 11.3 Å². The van der Waals surface area contributed by atoms with Gasteiger partial charge in [-0.1, -0.05) is 0 Å². The van der Waals surface area contributed by atoms with Gasteiger partial charge in [0.15, 0.2) is 0 Å². The third kappa shape index (κ3) is 1.21. The largest absolute Gasteiger partial charge is 0.324 e. The molecule has 0 saturated heterocycles. The minimum atomic E-state index is 0.227. The first-order chi connectivity index (χ1) is 5.27. The Labute approximate surface area is 71.2 Å². The Kier molecular flexibility index (Phi) is 1.74. The molecule has 2 rings (SSSR count). The molecule has 1 aromatic heterocycles. The van der Waals surface area contributed by atoms with Crippen molar-refractivity contribution in [3.8, 4) is 0 Å². The molecular formula is C9H13NS. The van der Waals surface area contributed by atoms with Gasteiger partial charge in [0.2, 0.25) is 0 Å². The minimum absolute atomic E-state index is 0.227. The summed E-state index contributed by atoms with van der Waals surface area (Å²) in [4.78, 5) is 2.94. The van der Waals surface area contributed by atoms with Crippen molar-refractivity contribution in [2.45, 2.75) is 32.2 Å². The van der Waals surface area contributed by atoms with Crippen LogP contribution in [0.25, 0.3) is 0 Å². The molecular weight excluding hydrogens is 154 g/mol. The third-order valence-corrected chi connectivity index (χ3v) is 3.65. The minimum Gasteiger partial charge on any atom is -0.324 e. The van der Waals surface area contributed by atoms with E-state index in [1.165, 1.54) is 24.1 Å². The molecule has 1 aliphatic rings. The summed E-state index contributed by atoms with van der Waals surface area (Å²) in [6.07, 6.45) is 3.91. The van der Waals surface area contributed by atoms with Crippen LogP contribution in [0.2, 0.25) is 0 Å². The quantitative estimate of drug-likeness (QED) is 0.682. The highest BCUT2D eigenvalue weighted by atomic mass is 32.1. The molecule has 0 radical (unpaired) electrons. The summed E-state index contributed by atoms with van der Waals surface area (Å²) in [5.41, 5.74) is 7.34. The van der Waals surface area contributed by atoms with Crippen molar-refractivity contribution < 1.29 is 0 Å². The average molecular weight is 167 g/mol. The molecule has 60 valence electrons. The van der Waals surface area contributed by atoms with Crippen molar-refractivity contribution in [2.24, 2.45) is 5.73 Å². The fraction of sp³-hybridized carbons (Fsp3) is 0.556. The molecule has 0 bridgehead atoms. The molecule has 0 saturated carbocycles. The highest BCUT2D eigenvalue weighted by Crippen LogP contribution is 2.32. The first-order valence-corrected chi connectivity index (χ1v) is 4.96. The van der Waals surface area contributed by atoms with Crippen molar-refractivity contribution in [1.82, 2.24) is 0 Å². The van der Waals surface area contributed by atoms with E-state index in [4.69, 9.17) is 5.73 Å². The molecule has 1 nitrogen and oxygen atoms in total. The van der Waals surface area contributed by atoms with Crippen LogP contribution in [-0.4, -0.2) is 0 Å². The van der Waals surface area contributed by atoms with Gasteiger partial charge >= 0.3 is 0 Å². The zero-order valence-electron chi connectivity index (χ0n) is 6.76. The number of rotatable bonds is 1. The second-order valence-corrected chi connectivity index (χ2v) is 4.41. The smallest absolute Gasteiger partial charge is 0.0361 e. The van der Waals surface area contributed by atoms with Gasteiger partial charge in [-0.15, -0.1) is 11.3 Å². The number of thiophene rings is 1. The Hall–Kier alpha value is -0.340. The summed E-state index contributed by atoms with van der Waals surface area (Å²) in [5.74, 6) is 0. The first-order valence-electron chi connectivity index (χ1n) is 4.14. The molecule has 1 aliphatic carbocycles. The molecule has 1 atom stereocenters.